The topological polar surface area (TPSA) is 72.5 Å². The molecular formula is C34H55BrO7. The third-order valence-electron chi connectivity index (χ3n) is 10.4. The molecule has 3 heterocycles. The SMILES string of the molecule is CCCC1CCC([C@@H](C=C[C@@H]2[C@H]3C[C@H](C(Br)CCCC(=O)OC)O[C@@H]3C[C@H]2OC2CCCCO2)OC2CCCCO2)C1. The number of esters is 1. The first-order valence-corrected chi connectivity index (χ1v) is 18.0. The van der Waals surface area contributed by atoms with Crippen LogP contribution in [0.5, 0.6) is 0 Å². The van der Waals surface area contributed by atoms with Crippen LogP contribution in [0.3, 0.4) is 0 Å². The molecule has 0 amide bonds. The van der Waals surface area contributed by atoms with Gasteiger partial charge in [-0.25, -0.2) is 0 Å². The van der Waals surface area contributed by atoms with E-state index in [2.05, 4.69) is 35.0 Å². The molecule has 240 valence electrons. The molecule has 5 rings (SSSR count). The summed E-state index contributed by atoms with van der Waals surface area (Å²) in [6.07, 6.45) is 22.1. The average molecular weight is 656 g/mol. The van der Waals surface area contributed by atoms with Crippen LogP contribution in [0.4, 0.5) is 0 Å². The second-order valence-corrected chi connectivity index (χ2v) is 14.6. The zero-order chi connectivity index (χ0) is 29.3. The lowest BCUT2D eigenvalue weighted by molar-refractivity contribution is -0.194. The van der Waals surface area contributed by atoms with Gasteiger partial charge in [-0.05, 0) is 88.4 Å². The minimum absolute atomic E-state index is 0.0842. The smallest absolute Gasteiger partial charge is 0.305 e. The summed E-state index contributed by atoms with van der Waals surface area (Å²) in [7, 11) is 1.45. The second kappa shape index (κ2) is 16.7. The number of halogens is 1. The quantitative estimate of drug-likeness (QED) is 0.109. The summed E-state index contributed by atoms with van der Waals surface area (Å²) in [4.78, 5) is 11.8. The molecule has 0 radical (unpaired) electrons. The summed E-state index contributed by atoms with van der Waals surface area (Å²) in [6.45, 7) is 3.90. The lowest BCUT2D eigenvalue weighted by Crippen LogP contribution is -2.33. The highest BCUT2D eigenvalue weighted by Crippen LogP contribution is 2.48. The molecule has 3 aliphatic heterocycles. The van der Waals surface area contributed by atoms with Crippen molar-refractivity contribution in [3.05, 3.63) is 12.2 Å². The van der Waals surface area contributed by atoms with Gasteiger partial charge in [0.25, 0.3) is 0 Å². The molecule has 0 aromatic rings. The van der Waals surface area contributed by atoms with Crippen LogP contribution in [0.25, 0.3) is 0 Å². The van der Waals surface area contributed by atoms with Gasteiger partial charge in [0.15, 0.2) is 12.6 Å². The van der Waals surface area contributed by atoms with Gasteiger partial charge in [0.1, 0.15) is 0 Å². The van der Waals surface area contributed by atoms with E-state index < -0.39 is 0 Å². The summed E-state index contributed by atoms with van der Waals surface area (Å²) in [5.41, 5.74) is 0. The average Bonchev–Trinajstić information content (AvgIpc) is 3.72. The molecule has 0 spiro atoms. The van der Waals surface area contributed by atoms with Gasteiger partial charge in [-0.15, -0.1) is 0 Å². The molecule has 5 unspecified atom stereocenters. The van der Waals surface area contributed by atoms with Crippen molar-refractivity contribution in [1.82, 2.24) is 0 Å². The summed E-state index contributed by atoms with van der Waals surface area (Å²) in [5.74, 6) is 1.90. The Kier molecular flexibility index (Phi) is 13.1. The van der Waals surface area contributed by atoms with Crippen LogP contribution in [0.2, 0.25) is 0 Å². The number of alkyl halides is 1. The molecule has 2 saturated carbocycles. The van der Waals surface area contributed by atoms with Crippen LogP contribution in [-0.2, 0) is 33.2 Å². The van der Waals surface area contributed by atoms with Crippen LogP contribution < -0.4 is 0 Å². The number of carbonyl (C=O) groups excluding carboxylic acids is 1. The summed E-state index contributed by atoms with van der Waals surface area (Å²) < 4.78 is 37.0. The molecule has 0 N–H and O–H groups in total. The fourth-order valence-corrected chi connectivity index (χ4v) is 8.78. The van der Waals surface area contributed by atoms with Crippen LogP contribution in [0.1, 0.15) is 110 Å². The molecule has 3 saturated heterocycles. The van der Waals surface area contributed by atoms with Crippen molar-refractivity contribution in [3.63, 3.8) is 0 Å². The van der Waals surface area contributed by atoms with Gasteiger partial charge in [-0.1, -0.05) is 54.3 Å². The molecule has 5 aliphatic rings. The minimum Gasteiger partial charge on any atom is -0.469 e. The number of ether oxygens (including phenoxy) is 6. The maximum absolute atomic E-state index is 11.6. The van der Waals surface area contributed by atoms with Gasteiger partial charge in [-0.3, -0.25) is 4.79 Å². The largest absolute Gasteiger partial charge is 0.469 e. The van der Waals surface area contributed by atoms with Gasteiger partial charge in [0, 0.05) is 36.8 Å². The van der Waals surface area contributed by atoms with Crippen LogP contribution in [0.15, 0.2) is 12.2 Å². The first kappa shape index (κ1) is 32.9. The standard InChI is InChI=1S/C34H55BrO7/c1-3-9-23-14-15-24(20-23)28(41-33-12-4-6-18-38-33)17-16-25-26-21-31(27(35)10-8-11-32(36)37-2)40-30(26)22-29(25)42-34-13-5-7-19-39-34/h16-17,23-31,33-34H,3-15,18-22H2,1-2H3/t23?,24?,25-,26-,27?,28-,29-,30-,31-,33?,34?/m1/s1. The van der Waals surface area contributed by atoms with Crippen LogP contribution in [0, 0.1) is 23.7 Å². The van der Waals surface area contributed by atoms with Crippen molar-refractivity contribution in [2.24, 2.45) is 23.7 Å². The number of rotatable bonds is 14. The van der Waals surface area contributed by atoms with Crippen molar-refractivity contribution >= 4 is 21.9 Å². The predicted molar refractivity (Wildman–Crippen MR) is 165 cm³/mol. The summed E-state index contributed by atoms with van der Waals surface area (Å²) in [6, 6.07) is 0. The molecule has 0 aromatic heterocycles. The van der Waals surface area contributed by atoms with Gasteiger partial charge < -0.3 is 28.4 Å². The Morgan fingerprint density at radius 2 is 1.79 bits per heavy atom. The maximum atomic E-state index is 11.6. The van der Waals surface area contributed by atoms with E-state index in [0.29, 0.717) is 18.3 Å². The maximum Gasteiger partial charge on any atom is 0.305 e. The van der Waals surface area contributed by atoms with E-state index in [1.54, 1.807) is 0 Å². The van der Waals surface area contributed by atoms with Crippen molar-refractivity contribution < 1.29 is 33.2 Å². The number of hydrogen-bond acceptors (Lipinski definition) is 7. The highest BCUT2D eigenvalue weighted by Gasteiger charge is 2.51. The van der Waals surface area contributed by atoms with E-state index in [9.17, 15) is 4.79 Å². The normalized spacial score (nSPS) is 38.5. The number of carbonyl (C=O) groups is 1. The van der Waals surface area contributed by atoms with Crippen molar-refractivity contribution in [1.29, 1.82) is 0 Å². The lowest BCUT2D eigenvalue weighted by atomic mass is 9.88. The Morgan fingerprint density at radius 3 is 2.50 bits per heavy atom. The Labute approximate surface area is 262 Å². The Morgan fingerprint density at radius 1 is 1.00 bits per heavy atom. The second-order valence-electron chi connectivity index (χ2n) is 13.4. The summed E-state index contributed by atoms with van der Waals surface area (Å²) in [5, 5.41) is 0. The van der Waals surface area contributed by atoms with Crippen LogP contribution >= 0.6 is 15.9 Å². The van der Waals surface area contributed by atoms with Gasteiger partial charge in [0.2, 0.25) is 0 Å². The molecule has 11 atom stereocenters. The number of fused-ring (bicyclic) bond motifs is 1. The van der Waals surface area contributed by atoms with E-state index in [-0.39, 0.29) is 53.7 Å². The predicted octanol–water partition coefficient (Wildman–Crippen LogP) is 7.48. The van der Waals surface area contributed by atoms with Crippen molar-refractivity contribution in [3.8, 4) is 0 Å². The third kappa shape index (κ3) is 9.03. The van der Waals surface area contributed by atoms with E-state index in [1.807, 2.05) is 0 Å². The van der Waals surface area contributed by atoms with E-state index in [1.165, 1.54) is 45.6 Å². The Bertz CT molecular complexity index is 842. The number of methoxy groups -OCH3 is 1. The third-order valence-corrected chi connectivity index (χ3v) is 11.4. The first-order valence-electron chi connectivity index (χ1n) is 17.1. The minimum atomic E-state index is -0.146. The molecule has 7 nitrogen and oxygen atoms in total. The molecule has 0 bridgehead atoms. The number of hydrogen-bond donors (Lipinski definition) is 0. The van der Waals surface area contributed by atoms with E-state index in [0.717, 1.165) is 76.9 Å². The molecule has 42 heavy (non-hydrogen) atoms. The van der Waals surface area contributed by atoms with E-state index in [4.69, 9.17) is 28.4 Å². The Hall–Kier alpha value is -0.510. The highest BCUT2D eigenvalue weighted by atomic mass is 79.9. The fourth-order valence-electron chi connectivity index (χ4n) is 8.11. The van der Waals surface area contributed by atoms with E-state index >= 15 is 0 Å². The van der Waals surface area contributed by atoms with Crippen molar-refractivity contribution in [2.45, 2.75) is 151 Å². The molecular weight excluding hydrogens is 600 g/mol. The molecule has 0 aromatic carbocycles. The van der Waals surface area contributed by atoms with Gasteiger partial charge >= 0.3 is 5.97 Å². The Balaban J connectivity index is 1.27. The lowest BCUT2D eigenvalue weighted by Gasteiger charge is -2.31. The molecule has 8 heteroatoms. The van der Waals surface area contributed by atoms with Gasteiger partial charge in [-0.2, -0.15) is 0 Å². The zero-order valence-electron chi connectivity index (χ0n) is 26.0. The molecule has 2 aliphatic carbocycles. The first-order chi connectivity index (χ1) is 20.5. The monoisotopic (exact) mass is 654 g/mol. The highest BCUT2D eigenvalue weighted by molar-refractivity contribution is 9.09. The zero-order valence-corrected chi connectivity index (χ0v) is 27.6. The molecule has 5 fully saturated rings. The fraction of sp³-hybridized carbons (Fsp3) is 0.912. The summed E-state index contributed by atoms with van der Waals surface area (Å²) >= 11 is 3.90. The van der Waals surface area contributed by atoms with Crippen LogP contribution in [-0.4, -0.2) is 68.1 Å². The van der Waals surface area contributed by atoms with Crippen molar-refractivity contribution in [2.75, 3.05) is 20.3 Å². The van der Waals surface area contributed by atoms with Gasteiger partial charge in [0.05, 0.1) is 31.5 Å².